The Morgan fingerprint density at radius 2 is 1.94 bits per heavy atom. The maximum atomic E-state index is 13.3. The summed E-state index contributed by atoms with van der Waals surface area (Å²) in [5.74, 6) is 1.30. The highest BCUT2D eigenvalue weighted by atomic mass is 16.5. The Morgan fingerprint density at radius 1 is 1.21 bits per heavy atom. The van der Waals surface area contributed by atoms with Gasteiger partial charge in [-0.25, -0.2) is 9.78 Å². The molecule has 2 aromatic heterocycles. The molecule has 2 amide bonds. The quantitative estimate of drug-likeness (QED) is 0.630. The first-order chi connectivity index (χ1) is 15.9. The molecule has 33 heavy (non-hydrogen) atoms. The molecule has 10 heteroatoms. The van der Waals surface area contributed by atoms with E-state index in [0.717, 1.165) is 36.4 Å². The first kappa shape index (κ1) is 21.4. The molecule has 0 bridgehead atoms. The summed E-state index contributed by atoms with van der Waals surface area (Å²) in [5, 5.41) is 15.3. The van der Waals surface area contributed by atoms with Gasteiger partial charge in [0.1, 0.15) is 22.6 Å². The van der Waals surface area contributed by atoms with Crippen LogP contribution in [0.15, 0.2) is 24.4 Å². The second-order valence-corrected chi connectivity index (χ2v) is 8.80. The van der Waals surface area contributed by atoms with Crippen LogP contribution in [-0.4, -0.2) is 64.3 Å². The lowest BCUT2D eigenvalue weighted by atomic mass is 10.1. The molecule has 3 aromatic rings. The zero-order chi connectivity index (χ0) is 23.1. The van der Waals surface area contributed by atoms with Crippen molar-refractivity contribution in [3.63, 3.8) is 0 Å². The molecule has 174 valence electrons. The minimum Gasteiger partial charge on any atom is -0.492 e. The molecule has 2 aliphatic heterocycles. The molecule has 4 heterocycles. The minimum atomic E-state index is -0.232. The van der Waals surface area contributed by atoms with Crippen molar-refractivity contribution in [3.05, 3.63) is 30.0 Å². The van der Waals surface area contributed by atoms with Gasteiger partial charge in [0, 0.05) is 62.3 Å². The molecular formula is C23H30N8O2. The van der Waals surface area contributed by atoms with E-state index in [-0.39, 0.29) is 6.03 Å². The second kappa shape index (κ2) is 8.51. The molecule has 5 rings (SSSR count). The van der Waals surface area contributed by atoms with Crippen molar-refractivity contribution < 1.29 is 9.53 Å². The molecule has 0 saturated carbocycles. The molecule has 2 atom stereocenters. The topological polar surface area (TPSA) is 100 Å². The Bertz CT molecular complexity index is 1180. The number of carbonyl (C=O) groups is 1. The van der Waals surface area contributed by atoms with Gasteiger partial charge in [-0.05, 0) is 39.3 Å². The standard InChI is InChI=1S/C23H30N8O2/c1-5-33-21-11-18-17(27-29(4)28-18)10-19(21)26-23(32)31-9-7-16-20(6-8-24-22(16)31)30-12-14(2)25-15(3)13-30/h6,8,10-11,14-15,25H,5,7,9,12-13H2,1-4H3,(H,26,32)/t14-,15+. The lowest BCUT2D eigenvalue weighted by molar-refractivity contribution is 0.257. The molecule has 1 saturated heterocycles. The number of urea groups is 1. The summed E-state index contributed by atoms with van der Waals surface area (Å²) in [4.78, 5) is 23.5. The van der Waals surface area contributed by atoms with Gasteiger partial charge in [-0.1, -0.05) is 0 Å². The van der Waals surface area contributed by atoms with E-state index < -0.39 is 0 Å². The highest BCUT2D eigenvalue weighted by Crippen LogP contribution is 2.36. The van der Waals surface area contributed by atoms with E-state index in [2.05, 4.69) is 50.6 Å². The van der Waals surface area contributed by atoms with Gasteiger partial charge in [0.25, 0.3) is 0 Å². The largest absolute Gasteiger partial charge is 0.492 e. The normalized spacial score (nSPS) is 20.2. The smallest absolute Gasteiger partial charge is 0.327 e. The van der Waals surface area contributed by atoms with E-state index in [1.54, 1.807) is 24.2 Å². The first-order valence-electron chi connectivity index (χ1n) is 11.5. The summed E-state index contributed by atoms with van der Waals surface area (Å²) in [6.45, 7) is 9.24. The Hall–Kier alpha value is -3.40. The van der Waals surface area contributed by atoms with Crippen LogP contribution in [0.3, 0.4) is 0 Å². The van der Waals surface area contributed by atoms with Crippen LogP contribution in [0.5, 0.6) is 5.75 Å². The zero-order valence-electron chi connectivity index (χ0n) is 19.5. The monoisotopic (exact) mass is 450 g/mol. The van der Waals surface area contributed by atoms with Gasteiger partial charge < -0.3 is 20.3 Å². The number of nitrogens with zero attached hydrogens (tertiary/aromatic N) is 6. The SMILES string of the molecule is CCOc1cc2nn(C)nc2cc1NC(=O)N1CCc2c(N3C[C@@H](C)N[C@@H](C)C3)ccnc21. The van der Waals surface area contributed by atoms with Crippen LogP contribution in [0.1, 0.15) is 26.3 Å². The number of benzene rings is 1. The van der Waals surface area contributed by atoms with Gasteiger partial charge in [0.05, 0.1) is 12.3 Å². The fourth-order valence-corrected chi connectivity index (χ4v) is 4.90. The highest BCUT2D eigenvalue weighted by molar-refractivity contribution is 6.04. The van der Waals surface area contributed by atoms with Crippen LogP contribution in [0.2, 0.25) is 0 Å². The molecule has 1 aromatic carbocycles. The molecule has 0 unspecified atom stereocenters. The van der Waals surface area contributed by atoms with Gasteiger partial charge in [0.2, 0.25) is 0 Å². The number of fused-ring (bicyclic) bond motifs is 2. The number of aromatic nitrogens is 4. The Labute approximate surface area is 192 Å². The summed E-state index contributed by atoms with van der Waals surface area (Å²) in [6.07, 6.45) is 2.58. The number of amides is 2. The number of hydrogen-bond donors (Lipinski definition) is 2. The summed E-state index contributed by atoms with van der Waals surface area (Å²) in [6, 6.07) is 6.26. The summed E-state index contributed by atoms with van der Waals surface area (Å²) in [5.41, 5.74) is 4.29. The van der Waals surface area contributed by atoms with E-state index in [1.165, 1.54) is 10.5 Å². The van der Waals surface area contributed by atoms with Crippen LogP contribution in [-0.2, 0) is 13.5 Å². The number of hydrogen-bond acceptors (Lipinski definition) is 7. The van der Waals surface area contributed by atoms with E-state index in [4.69, 9.17) is 4.74 Å². The zero-order valence-corrected chi connectivity index (χ0v) is 19.5. The lowest BCUT2D eigenvalue weighted by Crippen LogP contribution is -2.54. The average molecular weight is 451 g/mol. The molecular weight excluding hydrogens is 420 g/mol. The minimum absolute atomic E-state index is 0.232. The lowest BCUT2D eigenvalue weighted by Gasteiger charge is -2.38. The van der Waals surface area contributed by atoms with Crippen LogP contribution in [0.4, 0.5) is 22.0 Å². The van der Waals surface area contributed by atoms with Crippen molar-refractivity contribution in [2.24, 2.45) is 7.05 Å². The maximum Gasteiger partial charge on any atom is 0.327 e. The predicted octanol–water partition coefficient (Wildman–Crippen LogP) is 2.54. The number of aryl methyl sites for hydroxylation is 1. The fourth-order valence-electron chi connectivity index (χ4n) is 4.90. The van der Waals surface area contributed by atoms with Gasteiger partial charge in [-0.15, -0.1) is 0 Å². The summed E-state index contributed by atoms with van der Waals surface area (Å²) >= 11 is 0. The number of carbonyl (C=O) groups excluding carboxylic acids is 1. The Balaban J connectivity index is 1.41. The maximum absolute atomic E-state index is 13.3. The number of piperazine rings is 1. The van der Waals surface area contributed by atoms with Crippen LogP contribution < -0.4 is 25.2 Å². The van der Waals surface area contributed by atoms with E-state index in [1.807, 2.05) is 13.0 Å². The molecule has 10 nitrogen and oxygen atoms in total. The number of rotatable bonds is 4. The molecule has 2 aliphatic rings. The Kier molecular flexibility index (Phi) is 5.53. The number of pyridine rings is 1. The van der Waals surface area contributed by atoms with Gasteiger partial charge in [-0.2, -0.15) is 15.0 Å². The van der Waals surface area contributed by atoms with Crippen molar-refractivity contribution in [3.8, 4) is 5.75 Å². The molecule has 1 fully saturated rings. The molecule has 0 spiro atoms. The molecule has 0 radical (unpaired) electrons. The van der Waals surface area contributed by atoms with E-state index in [9.17, 15) is 4.79 Å². The van der Waals surface area contributed by atoms with Gasteiger partial charge in [0.15, 0.2) is 0 Å². The molecule has 2 N–H and O–H groups in total. The van der Waals surface area contributed by atoms with Crippen LogP contribution in [0, 0.1) is 0 Å². The predicted molar refractivity (Wildman–Crippen MR) is 128 cm³/mol. The van der Waals surface area contributed by atoms with Crippen molar-refractivity contribution in [1.29, 1.82) is 0 Å². The van der Waals surface area contributed by atoms with Crippen molar-refractivity contribution in [2.45, 2.75) is 39.3 Å². The summed E-state index contributed by atoms with van der Waals surface area (Å²) in [7, 11) is 1.77. The average Bonchev–Trinajstić information content (AvgIpc) is 3.35. The van der Waals surface area contributed by atoms with Crippen LogP contribution >= 0.6 is 0 Å². The van der Waals surface area contributed by atoms with E-state index in [0.29, 0.717) is 42.2 Å². The number of anilines is 3. The highest BCUT2D eigenvalue weighted by Gasteiger charge is 2.31. The Morgan fingerprint density at radius 3 is 2.67 bits per heavy atom. The van der Waals surface area contributed by atoms with Gasteiger partial charge in [-0.3, -0.25) is 4.90 Å². The third-order valence-electron chi connectivity index (χ3n) is 6.12. The van der Waals surface area contributed by atoms with Crippen LogP contribution in [0.25, 0.3) is 11.0 Å². The number of ether oxygens (including phenoxy) is 1. The third kappa shape index (κ3) is 4.06. The second-order valence-electron chi connectivity index (χ2n) is 8.80. The first-order valence-corrected chi connectivity index (χ1v) is 11.5. The van der Waals surface area contributed by atoms with Crippen molar-refractivity contribution in [2.75, 3.05) is 41.4 Å². The fraction of sp³-hybridized carbons (Fsp3) is 0.478. The van der Waals surface area contributed by atoms with E-state index >= 15 is 0 Å². The number of nitrogens with one attached hydrogen (secondary N) is 2. The molecule has 0 aliphatic carbocycles. The summed E-state index contributed by atoms with van der Waals surface area (Å²) < 4.78 is 5.77. The van der Waals surface area contributed by atoms with Crippen molar-refractivity contribution >= 4 is 34.3 Å². The van der Waals surface area contributed by atoms with Crippen molar-refractivity contribution in [1.82, 2.24) is 25.3 Å². The van der Waals surface area contributed by atoms with Gasteiger partial charge >= 0.3 is 6.03 Å². The third-order valence-corrected chi connectivity index (χ3v) is 6.12.